The summed E-state index contributed by atoms with van der Waals surface area (Å²) in [5.41, 5.74) is 2.83. The molecule has 2 aromatic rings. The third-order valence-electron chi connectivity index (χ3n) is 2.54. The van der Waals surface area contributed by atoms with Crippen molar-refractivity contribution in [3.05, 3.63) is 58.4 Å². The summed E-state index contributed by atoms with van der Waals surface area (Å²) in [6.07, 6.45) is 0. The molecule has 0 fully saturated rings. The molecule has 0 radical (unpaired) electrons. The molecule has 2 rings (SSSR count). The zero-order valence-corrected chi connectivity index (χ0v) is 9.77. The van der Waals surface area contributed by atoms with Crippen molar-refractivity contribution in [1.82, 2.24) is 4.98 Å². The number of H-pyrrole nitrogens is 1. The summed E-state index contributed by atoms with van der Waals surface area (Å²) in [7, 11) is 0. The third-order valence-corrected chi connectivity index (χ3v) is 2.54. The predicted molar refractivity (Wildman–Crippen MR) is 67.8 cm³/mol. The van der Waals surface area contributed by atoms with Crippen LogP contribution in [0.4, 0.5) is 0 Å². The molecule has 0 bridgehead atoms. The van der Waals surface area contributed by atoms with Gasteiger partial charge in [0.05, 0.1) is 6.61 Å². The van der Waals surface area contributed by atoms with Crippen LogP contribution in [-0.4, -0.2) is 11.6 Å². The monoisotopic (exact) mass is 229 g/mol. The van der Waals surface area contributed by atoms with Crippen LogP contribution in [0.3, 0.4) is 0 Å². The minimum atomic E-state index is -0.0892. The van der Waals surface area contributed by atoms with E-state index in [1.165, 1.54) is 6.07 Å². The van der Waals surface area contributed by atoms with E-state index in [0.717, 1.165) is 16.8 Å². The number of hydrogen-bond acceptors (Lipinski definition) is 2. The molecule has 17 heavy (non-hydrogen) atoms. The van der Waals surface area contributed by atoms with Crippen LogP contribution in [-0.2, 0) is 11.3 Å². The van der Waals surface area contributed by atoms with Crippen molar-refractivity contribution >= 4 is 0 Å². The molecule has 0 saturated heterocycles. The smallest absolute Gasteiger partial charge is 0.248 e. The van der Waals surface area contributed by atoms with E-state index >= 15 is 0 Å². The zero-order chi connectivity index (χ0) is 12.1. The van der Waals surface area contributed by atoms with E-state index < -0.39 is 0 Å². The van der Waals surface area contributed by atoms with Gasteiger partial charge in [-0.15, -0.1) is 0 Å². The summed E-state index contributed by atoms with van der Waals surface area (Å²) in [6.45, 7) is 3.20. The van der Waals surface area contributed by atoms with Gasteiger partial charge in [0, 0.05) is 23.9 Å². The molecular weight excluding hydrogens is 214 g/mol. The van der Waals surface area contributed by atoms with Gasteiger partial charge in [-0.2, -0.15) is 0 Å². The SMILES string of the molecule is CCOCc1ccccc1-c1cccc(=O)[nH]1. The lowest BCUT2D eigenvalue weighted by Gasteiger charge is -2.09. The van der Waals surface area contributed by atoms with Crippen molar-refractivity contribution in [2.75, 3.05) is 6.61 Å². The third kappa shape index (κ3) is 2.82. The maximum absolute atomic E-state index is 11.3. The molecule has 88 valence electrons. The molecule has 0 aliphatic heterocycles. The van der Waals surface area contributed by atoms with E-state index in [1.807, 2.05) is 37.3 Å². The summed E-state index contributed by atoms with van der Waals surface area (Å²) in [5.74, 6) is 0. The second-order valence-electron chi connectivity index (χ2n) is 3.72. The lowest BCUT2D eigenvalue weighted by molar-refractivity contribution is 0.134. The average molecular weight is 229 g/mol. The number of pyridine rings is 1. The molecule has 3 nitrogen and oxygen atoms in total. The fourth-order valence-electron chi connectivity index (χ4n) is 1.73. The van der Waals surface area contributed by atoms with Crippen LogP contribution in [0.25, 0.3) is 11.3 Å². The van der Waals surface area contributed by atoms with Gasteiger partial charge >= 0.3 is 0 Å². The van der Waals surface area contributed by atoms with Gasteiger partial charge in [0.25, 0.3) is 0 Å². The topological polar surface area (TPSA) is 42.1 Å². The first kappa shape index (κ1) is 11.6. The summed E-state index contributed by atoms with van der Waals surface area (Å²) >= 11 is 0. The van der Waals surface area contributed by atoms with Gasteiger partial charge in [0.2, 0.25) is 5.56 Å². The molecule has 3 heteroatoms. The number of aromatic nitrogens is 1. The van der Waals surface area contributed by atoms with Gasteiger partial charge < -0.3 is 9.72 Å². The highest BCUT2D eigenvalue weighted by Gasteiger charge is 2.04. The molecule has 1 aromatic carbocycles. The van der Waals surface area contributed by atoms with Crippen LogP contribution in [0.2, 0.25) is 0 Å². The Morgan fingerprint density at radius 3 is 2.71 bits per heavy atom. The van der Waals surface area contributed by atoms with Gasteiger partial charge in [0.15, 0.2) is 0 Å². The largest absolute Gasteiger partial charge is 0.377 e. The van der Waals surface area contributed by atoms with Crippen LogP contribution in [0.15, 0.2) is 47.3 Å². The minimum absolute atomic E-state index is 0.0892. The van der Waals surface area contributed by atoms with Gasteiger partial charge in [-0.1, -0.05) is 30.3 Å². The number of ether oxygens (including phenoxy) is 1. The fraction of sp³-hybridized carbons (Fsp3) is 0.214. The number of rotatable bonds is 4. The molecule has 1 aromatic heterocycles. The summed E-state index contributed by atoms with van der Waals surface area (Å²) in [6, 6.07) is 13.1. The number of aromatic amines is 1. The molecular formula is C14H15NO2. The molecule has 0 spiro atoms. The van der Waals surface area contributed by atoms with Crippen molar-refractivity contribution in [2.24, 2.45) is 0 Å². The van der Waals surface area contributed by atoms with E-state index in [0.29, 0.717) is 13.2 Å². The number of benzene rings is 1. The first-order chi connectivity index (χ1) is 8.31. The summed E-state index contributed by atoms with van der Waals surface area (Å²) in [4.78, 5) is 14.1. The Morgan fingerprint density at radius 2 is 1.94 bits per heavy atom. The normalized spacial score (nSPS) is 10.4. The van der Waals surface area contributed by atoms with Crippen LogP contribution in [0.1, 0.15) is 12.5 Å². The molecule has 0 unspecified atom stereocenters. The molecule has 0 saturated carbocycles. The Hall–Kier alpha value is -1.87. The highest BCUT2D eigenvalue weighted by Crippen LogP contribution is 2.21. The van der Waals surface area contributed by atoms with E-state index in [4.69, 9.17) is 4.74 Å². The molecule has 1 N–H and O–H groups in total. The van der Waals surface area contributed by atoms with E-state index in [9.17, 15) is 4.79 Å². The van der Waals surface area contributed by atoms with E-state index in [-0.39, 0.29) is 5.56 Å². The first-order valence-electron chi connectivity index (χ1n) is 5.66. The molecule has 0 amide bonds. The second kappa shape index (κ2) is 5.46. The van der Waals surface area contributed by atoms with Gasteiger partial charge in [-0.05, 0) is 18.6 Å². The lowest BCUT2D eigenvalue weighted by Crippen LogP contribution is -2.05. The van der Waals surface area contributed by atoms with Crippen LogP contribution >= 0.6 is 0 Å². The van der Waals surface area contributed by atoms with Gasteiger partial charge in [0.1, 0.15) is 0 Å². The van der Waals surface area contributed by atoms with Crippen LogP contribution in [0.5, 0.6) is 0 Å². The molecule has 0 aliphatic rings. The number of nitrogens with one attached hydrogen (secondary N) is 1. The quantitative estimate of drug-likeness (QED) is 0.875. The van der Waals surface area contributed by atoms with Crippen LogP contribution in [0, 0.1) is 0 Å². The highest BCUT2D eigenvalue weighted by atomic mass is 16.5. The summed E-state index contributed by atoms with van der Waals surface area (Å²) in [5, 5.41) is 0. The highest BCUT2D eigenvalue weighted by molar-refractivity contribution is 5.63. The minimum Gasteiger partial charge on any atom is -0.377 e. The Labute approximate surface area is 100 Å². The van der Waals surface area contributed by atoms with Crippen molar-refractivity contribution < 1.29 is 4.74 Å². The Bertz CT molecular complexity index is 546. The van der Waals surface area contributed by atoms with Crippen molar-refractivity contribution in [3.63, 3.8) is 0 Å². The maximum Gasteiger partial charge on any atom is 0.248 e. The summed E-state index contributed by atoms with van der Waals surface area (Å²) < 4.78 is 5.42. The van der Waals surface area contributed by atoms with Gasteiger partial charge in [-0.3, -0.25) is 4.79 Å². The van der Waals surface area contributed by atoms with Crippen molar-refractivity contribution in [2.45, 2.75) is 13.5 Å². The maximum atomic E-state index is 11.3. The Kier molecular flexibility index (Phi) is 3.73. The van der Waals surface area contributed by atoms with Crippen molar-refractivity contribution in [1.29, 1.82) is 0 Å². The Morgan fingerprint density at radius 1 is 1.12 bits per heavy atom. The Balaban J connectivity index is 2.40. The second-order valence-corrected chi connectivity index (χ2v) is 3.72. The van der Waals surface area contributed by atoms with Crippen molar-refractivity contribution in [3.8, 4) is 11.3 Å². The van der Waals surface area contributed by atoms with Crippen LogP contribution < -0.4 is 5.56 Å². The van der Waals surface area contributed by atoms with E-state index in [1.54, 1.807) is 6.07 Å². The standard InChI is InChI=1S/C14H15NO2/c1-2-17-10-11-6-3-4-7-12(11)13-8-5-9-14(16)15-13/h3-9H,2,10H2,1H3,(H,15,16). The van der Waals surface area contributed by atoms with Gasteiger partial charge in [-0.25, -0.2) is 0 Å². The fourth-order valence-corrected chi connectivity index (χ4v) is 1.73. The first-order valence-corrected chi connectivity index (χ1v) is 5.66. The molecule has 1 heterocycles. The lowest BCUT2D eigenvalue weighted by atomic mass is 10.0. The molecule has 0 aliphatic carbocycles. The molecule has 0 atom stereocenters. The van der Waals surface area contributed by atoms with E-state index in [2.05, 4.69) is 4.98 Å². The zero-order valence-electron chi connectivity index (χ0n) is 9.77. The average Bonchev–Trinajstić information content (AvgIpc) is 2.37. The predicted octanol–water partition coefficient (Wildman–Crippen LogP) is 2.58. The number of hydrogen-bond donors (Lipinski definition) is 1.